The predicted molar refractivity (Wildman–Crippen MR) is 249 cm³/mol. The number of carbonyl (C=O) groups is 2. The van der Waals surface area contributed by atoms with Crippen molar-refractivity contribution in [2.24, 2.45) is 17.6 Å². The molecule has 0 radical (unpaired) electrons. The van der Waals surface area contributed by atoms with Gasteiger partial charge in [0.15, 0.2) is 12.1 Å². The predicted octanol–water partition coefficient (Wildman–Crippen LogP) is -1.13. The van der Waals surface area contributed by atoms with E-state index in [2.05, 4.69) is 5.32 Å². The normalized spacial score (nSPS) is 44.6. The zero-order chi connectivity index (χ0) is 50.7. The molecular formula is C49H76N2O18. The zero-order valence-corrected chi connectivity index (χ0v) is 39.3. The Hall–Kier alpha value is -3.52. The molecule has 0 saturated carbocycles. The Balaban J connectivity index is 1.58. The van der Waals surface area contributed by atoms with E-state index in [0.717, 1.165) is 0 Å². The second kappa shape index (κ2) is 29.1. The smallest absolute Gasteiger partial charge is 0.308 e. The lowest BCUT2D eigenvalue weighted by atomic mass is 9.82. The van der Waals surface area contributed by atoms with Gasteiger partial charge < -0.3 is 90.9 Å². The van der Waals surface area contributed by atoms with Crippen molar-refractivity contribution in [2.45, 2.75) is 175 Å². The van der Waals surface area contributed by atoms with Crippen molar-refractivity contribution in [1.29, 1.82) is 0 Å². The van der Waals surface area contributed by atoms with Crippen molar-refractivity contribution in [1.82, 2.24) is 5.32 Å². The van der Waals surface area contributed by atoms with Gasteiger partial charge in [-0.05, 0) is 26.2 Å². The number of cyclic esters (lactones) is 1. The summed E-state index contributed by atoms with van der Waals surface area (Å²) in [5, 5.41) is 122. The Bertz CT molecular complexity index is 1770. The lowest BCUT2D eigenvalue weighted by molar-refractivity contribution is -0.304. The minimum atomic E-state index is -2.32. The fourth-order valence-electron chi connectivity index (χ4n) is 8.47. The van der Waals surface area contributed by atoms with E-state index < -0.39 is 147 Å². The Morgan fingerprint density at radius 1 is 0.667 bits per heavy atom. The topological polar surface area (TPSA) is 341 Å². The van der Waals surface area contributed by atoms with Gasteiger partial charge in [0.2, 0.25) is 5.91 Å². The molecule has 3 saturated heterocycles. The quantitative estimate of drug-likeness (QED) is 0.148. The molecule has 0 aromatic heterocycles. The van der Waals surface area contributed by atoms with E-state index in [-0.39, 0.29) is 57.8 Å². The molecular weight excluding hydrogens is 905 g/mol. The minimum absolute atomic E-state index is 0.00526. The molecule has 0 aromatic carbocycles. The van der Waals surface area contributed by atoms with Gasteiger partial charge in [-0.2, -0.15) is 0 Å². The van der Waals surface area contributed by atoms with Gasteiger partial charge in [0.05, 0.1) is 111 Å². The van der Waals surface area contributed by atoms with Gasteiger partial charge in [0.25, 0.3) is 0 Å². The molecule has 0 aliphatic carbocycles. The molecule has 20 heteroatoms. The van der Waals surface area contributed by atoms with Crippen LogP contribution in [0.15, 0.2) is 85.1 Å². The first-order valence-electron chi connectivity index (χ1n) is 23.7. The van der Waals surface area contributed by atoms with Crippen LogP contribution in [0.25, 0.3) is 0 Å². The van der Waals surface area contributed by atoms with Gasteiger partial charge in [-0.1, -0.05) is 92.0 Å². The first-order valence-corrected chi connectivity index (χ1v) is 23.7. The SMILES string of the molecule is C[C@H]1C[C@H](O)[C@@H](C)/C=C/C=C/C=C/C=C/C=C/C=C/C=C/C(O[C@@H]2OC[C@@H](O)[C@H](N)[C@@H]2O)C[C@@H]2OC(O)(CC(O)CC(O)C(O)CCC(O)CC(O)CC(=O)O1)C[C@H](O)[C@H]2C(=O)NC1COCC1O. The van der Waals surface area contributed by atoms with Gasteiger partial charge in [-0.15, -0.1) is 0 Å². The average molecular weight is 981 g/mol. The molecule has 3 fully saturated rings. The van der Waals surface area contributed by atoms with Crippen molar-refractivity contribution in [3.63, 3.8) is 0 Å². The third-order valence-corrected chi connectivity index (χ3v) is 12.4. The number of rotatable bonds is 4. The monoisotopic (exact) mass is 981 g/mol. The molecule has 19 atom stereocenters. The maximum absolute atomic E-state index is 13.9. The number of fused-ring (bicyclic) bond motifs is 2. The largest absolute Gasteiger partial charge is 0.462 e. The van der Waals surface area contributed by atoms with Crippen molar-refractivity contribution in [2.75, 3.05) is 19.8 Å². The maximum atomic E-state index is 13.9. The van der Waals surface area contributed by atoms with Crippen LogP contribution in [-0.2, 0) is 33.3 Å². The maximum Gasteiger partial charge on any atom is 0.308 e. The fourth-order valence-corrected chi connectivity index (χ4v) is 8.47. The minimum Gasteiger partial charge on any atom is -0.462 e. The summed E-state index contributed by atoms with van der Waals surface area (Å²) < 4.78 is 28.5. The Kier molecular flexibility index (Phi) is 24.5. The summed E-state index contributed by atoms with van der Waals surface area (Å²) >= 11 is 0. The van der Waals surface area contributed by atoms with Gasteiger partial charge in [-0.3, -0.25) is 9.59 Å². The molecule has 69 heavy (non-hydrogen) atoms. The second-order valence-electron chi connectivity index (χ2n) is 18.6. The molecule has 0 aromatic rings. The Morgan fingerprint density at radius 2 is 1.29 bits per heavy atom. The fraction of sp³-hybridized carbons (Fsp3) is 0.673. The summed E-state index contributed by atoms with van der Waals surface area (Å²) in [7, 11) is 0. The van der Waals surface area contributed by atoms with Crippen LogP contribution < -0.4 is 11.1 Å². The third-order valence-electron chi connectivity index (χ3n) is 12.4. The van der Waals surface area contributed by atoms with Crippen LogP contribution >= 0.6 is 0 Å². The first-order chi connectivity index (χ1) is 32.7. The van der Waals surface area contributed by atoms with E-state index in [1.54, 1.807) is 73.8 Å². The highest BCUT2D eigenvalue weighted by Crippen LogP contribution is 2.38. The third kappa shape index (κ3) is 19.9. The average Bonchev–Trinajstić information content (AvgIpc) is 3.67. The number of esters is 1. The molecule has 2 bridgehead atoms. The first kappa shape index (κ1) is 58.1. The van der Waals surface area contributed by atoms with E-state index in [9.17, 15) is 65.8 Å². The molecule has 390 valence electrons. The number of nitrogens with one attached hydrogen (secondary N) is 1. The molecule has 4 aliphatic rings. The number of amides is 1. The van der Waals surface area contributed by atoms with Gasteiger partial charge in [-0.25, -0.2) is 0 Å². The number of hydrogen-bond donors (Lipinski definition) is 13. The van der Waals surface area contributed by atoms with Crippen LogP contribution in [0.2, 0.25) is 0 Å². The summed E-state index contributed by atoms with van der Waals surface area (Å²) in [6, 6.07) is -1.95. The highest BCUT2D eigenvalue weighted by Gasteiger charge is 2.51. The molecule has 9 unspecified atom stereocenters. The van der Waals surface area contributed by atoms with Crippen LogP contribution in [0, 0.1) is 11.8 Å². The molecule has 20 nitrogen and oxygen atoms in total. The zero-order valence-electron chi connectivity index (χ0n) is 39.3. The lowest BCUT2D eigenvalue weighted by Gasteiger charge is -2.46. The van der Waals surface area contributed by atoms with E-state index in [4.69, 9.17) is 29.4 Å². The van der Waals surface area contributed by atoms with Crippen molar-refractivity contribution in [3.8, 4) is 0 Å². The van der Waals surface area contributed by atoms with E-state index in [1.807, 2.05) is 25.2 Å². The molecule has 4 aliphatic heterocycles. The Labute approximate surface area is 403 Å². The molecule has 14 N–H and O–H groups in total. The summed E-state index contributed by atoms with van der Waals surface area (Å²) in [5.41, 5.74) is 6.01. The van der Waals surface area contributed by atoms with Gasteiger partial charge in [0.1, 0.15) is 12.2 Å². The number of hydrogen-bond acceptors (Lipinski definition) is 19. The van der Waals surface area contributed by atoms with E-state index in [1.165, 1.54) is 0 Å². The number of ether oxygens (including phenoxy) is 5. The highest BCUT2D eigenvalue weighted by molar-refractivity contribution is 5.80. The van der Waals surface area contributed by atoms with Crippen LogP contribution in [0.3, 0.4) is 0 Å². The van der Waals surface area contributed by atoms with Crippen LogP contribution in [-0.4, -0.2) is 191 Å². The van der Waals surface area contributed by atoms with Crippen LogP contribution in [0.1, 0.15) is 71.6 Å². The summed E-state index contributed by atoms with van der Waals surface area (Å²) in [6.07, 6.45) is 3.98. The van der Waals surface area contributed by atoms with Crippen LogP contribution in [0.4, 0.5) is 0 Å². The Morgan fingerprint density at radius 3 is 1.91 bits per heavy atom. The molecule has 1 amide bonds. The van der Waals surface area contributed by atoms with Crippen molar-refractivity contribution >= 4 is 11.9 Å². The number of nitrogens with two attached hydrogens (primary N) is 1. The highest BCUT2D eigenvalue weighted by atomic mass is 16.7. The van der Waals surface area contributed by atoms with Crippen molar-refractivity contribution in [3.05, 3.63) is 85.1 Å². The van der Waals surface area contributed by atoms with Crippen LogP contribution in [0.5, 0.6) is 0 Å². The molecule has 0 spiro atoms. The van der Waals surface area contributed by atoms with E-state index >= 15 is 0 Å². The number of aliphatic hydroxyl groups is 11. The summed E-state index contributed by atoms with van der Waals surface area (Å²) in [4.78, 5) is 26.4. The molecule has 4 heterocycles. The second-order valence-corrected chi connectivity index (χ2v) is 18.6. The standard InChI is InChI=1S/C49H76N2O18/c1-29-15-13-11-9-7-5-3-4-6-8-10-12-14-16-34(68-48-46(62)45(50)41(60)28-66-48)23-42-44(47(63)51-35-26-65-27-40(35)59)39(58)25-49(64,69-42)24-33(54)21-38(57)36(55)18-17-31(52)20-32(53)22-43(61)67-30(2)19-37(29)56/h3-16,29-42,44-46,48,52-60,62,64H,17-28,50H2,1-2H3,(H,51,63)/b4-3+,7-5+,8-6+,11-9+,12-10+,15-13+,16-14+/t29-,30-,31?,32?,33?,34?,35?,36?,37-,38?,39-,40?,41+,42-,44+,45-,46-,48-,49?/m0/s1. The summed E-state index contributed by atoms with van der Waals surface area (Å²) in [5.74, 6) is -5.45. The summed E-state index contributed by atoms with van der Waals surface area (Å²) in [6.45, 7) is 3.14. The number of carbonyl (C=O) groups excluding carboxylic acids is 2. The van der Waals surface area contributed by atoms with Gasteiger partial charge >= 0.3 is 5.97 Å². The molecule has 4 rings (SSSR count). The number of aliphatic hydroxyl groups excluding tert-OH is 10. The van der Waals surface area contributed by atoms with E-state index in [0.29, 0.717) is 0 Å². The number of allylic oxidation sites excluding steroid dienone is 12. The van der Waals surface area contributed by atoms with Crippen molar-refractivity contribution < 1.29 is 89.4 Å². The van der Waals surface area contributed by atoms with Gasteiger partial charge in [0, 0.05) is 38.0 Å². The lowest BCUT2D eigenvalue weighted by Crippen LogP contribution is -2.60.